The van der Waals surface area contributed by atoms with Gasteiger partial charge in [-0.25, -0.2) is 0 Å². The van der Waals surface area contributed by atoms with Gasteiger partial charge in [-0.2, -0.15) is 0 Å². The summed E-state index contributed by atoms with van der Waals surface area (Å²) in [5.74, 6) is 1.12. The zero-order valence-corrected chi connectivity index (χ0v) is 13.1. The van der Waals surface area contributed by atoms with Crippen molar-refractivity contribution < 1.29 is 14.6 Å². The molecule has 0 aliphatic rings. The predicted molar refractivity (Wildman–Crippen MR) is 90.8 cm³/mol. The number of nitrogens with zero attached hydrogens (tertiary/aromatic N) is 1. The molecule has 5 heteroatoms. The third-order valence-electron chi connectivity index (χ3n) is 3.77. The molecule has 2 aromatic heterocycles. The average Bonchev–Trinajstić information content (AvgIpc) is 3.14. The normalized spacial score (nSPS) is 11.2. The van der Waals surface area contributed by atoms with Crippen molar-refractivity contribution in [1.82, 2.24) is 4.98 Å². The van der Waals surface area contributed by atoms with E-state index in [4.69, 9.17) is 4.42 Å². The molecule has 0 unspecified atom stereocenters. The second kappa shape index (κ2) is 5.14. The Labute approximate surface area is 136 Å². The third-order valence-corrected chi connectivity index (χ3v) is 4.56. The molecule has 0 fully saturated rings. The minimum Gasteiger partial charge on any atom is -0.508 e. The highest BCUT2D eigenvalue weighted by molar-refractivity contribution is 7.13. The fraction of sp³-hybridized carbons (Fsp3) is 0.0556. The molecule has 0 bridgehead atoms. The lowest BCUT2D eigenvalue weighted by Gasteiger charge is -2.01. The summed E-state index contributed by atoms with van der Waals surface area (Å²) < 4.78 is 6.12. The van der Waals surface area contributed by atoms with Crippen molar-refractivity contribution in [2.24, 2.45) is 0 Å². The maximum Gasteiger partial charge on any atom is 0.144 e. The van der Waals surface area contributed by atoms with Crippen LogP contribution in [-0.4, -0.2) is 15.2 Å². The van der Waals surface area contributed by atoms with Gasteiger partial charge >= 0.3 is 0 Å². The second-order valence-electron chi connectivity index (χ2n) is 5.36. The first-order chi connectivity index (χ1) is 11.1. The van der Waals surface area contributed by atoms with E-state index in [1.165, 1.54) is 11.3 Å². The second-order valence-corrected chi connectivity index (χ2v) is 6.24. The first-order valence-corrected chi connectivity index (χ1v) is 7.96. The lowest BCUT2D eigenvalue weighted by Crippen LogP contribution is -1.78. The number of rotatable bonds is 2. The van der Waals surface area contributed by atoms with Gasteiger partial charge in [0.15, 0.2) is 0 Å². The number of aryl methyl sites for hydroxylation is 1. The van der Waals surface area contributed by atoms with Crippen LogP contribution in [0.5, 0.6) is 11.5 Å². The van der Waals surface area contributed by atoms with Gasteiger partial charge < -0.3 is 14.6 Å². The number of phenols is 2. The van der Waals surface area contributed by atoms with E-state index < -0.39 is 0 Å². The van der Waals surface area contributed by atoms with Crippen LogP contribution < -0.4 is 0 Å². The molecule has 0 saturated heterocycles. The van der Waals surface area contributed by atoms with Crippen LogP contribution in [0.1, 0.15) is 5.56 Å². The topological polar surface area (TPSA) is 66.5 Å². The van der Waals surface area contributed by atoms with Gasteiger partial charge in [0.05, 0.1) is 10.4 Å². The Hall–Kier alpha value is -2.79. The van der Waals surface area contributed by atoms with E-state index in [0.717, 1.165) is 32.5 Å². The van der Waals surface area contributed by atoms with Gasteiger partial charge in [-0.05, 0) is 48.9 Å². The third kappa shape index (κ3) is 2.26. The van der Waals surface area contributed by atoms with E-state index in [2.05, 4.69) is 4.98 Å². The van der Waals surface area contributed by atoms with Crippen molar-refractivity contribution in [3.05, 3.63) is 53.7 Å². The number of hydrogen-bond donors (Lipinski definition) is 2. The standard InChI is InChI=1S/C18H13NO3S/c1-10-6-13(21)7-14-16(15-8-19-9-23-15)18(22-17(10)14)11-2-4-12(20)5-3-11/h2-9,20-21H,1H3. The van der Waals surface area contributed by atoms with Gasteiger partial charge in [-0.3, -0.25) is 4.98 Å². The number of aromatic hydroxyl groups is 2. The average molecular weight is 323 g/mol. The Bertz CT molecular complexity index is 985. The Morgan fingerprint density at radius 2 is 1.83 bits per heavy atom. The van der Waals surface area contributed by atoms with Crippen molar-refractivity contribution >= 4 is 22.3 Å². The fourth-order valence-electron chi connectivity index (χ4n) is 2.75. The van der Waals surface area contributed by atoms with Crippen LogP contribution in [-0.2, 0) is 0 Å². The van der Waals surface area contributed by atoms with Gasteiger partial charge in [-0.1, -0.05) is 0 Å². The van der Waals surface area contributed by atoms with Crippen molar-refractivity contribution in [3.63, 3.8) is 0 Å². The summed E-state index contributed by atoms with van der Waals surface area (Å²) in [6, 6.07) is 10.3. The summed E-state index contributed by atoms with van der Waals surface area (Å²) in [5, 5.41) is 20.3. The van der Waals surface area contributed by atoms with Crippen LogP contribution in [0.15, 0.2) is 52.5 Å². The highest BCUT2D eigenvalue weighted by Gasteiger charge is 2.20. The molecule has 0 aliphatic heterocycles. The van der Waals surface area contributed by atoms with Gasteiger partial charge in [0, 0.05) is 22.7 Å². The van der Waals surface area contributed by atoms with E-state index in [0.29, 0.717) is 5.76 Å². The largest absolute Gasteiger partial charge is 0.508 e. The Morgan fingerprint density at radius 3 is 2.52 bits per heavy atom. The molecule has 2 aromatic carbocycles. The van der Waals surface area contributed by atoms with E-state index in [-0.39, 0.29) is 11.5 Å². The van der Waals surface area contributed by atoms with Gasteiger partial charge in [-0.15, -0.1) is 11.3 Å². The molecule has 2 heterocycles. The lowest BCUT2D eigenvalue weighted by molar-refractivity contribution is 0.474. The van der Waals surface area contributed by atoms with Gasteiger partial charge in [0.1, 0.15) is 22.8 Å². The number of fused-ring (bicyclic) bond motifs is 1. The SMILES string of the molecule is Cc1cc(O)cc2c(-c3cncs3)c(-c3ccc(O)cc3)oc12. The summed E-state index contributed by atoms with van der Waals surface area (Å²) in [5.41, 5.74) is 5.16. The van der Waals surface area contributed by atoms with Crippen LogP contribution in [0, 0.1) is 6.92 Å². The number of thiazole rings is 1. The maximum absolute atomic E-state index is 9.96. The maximum atomic E-state index is 9.96. The predicted octanol–water partition coefficient (Wildman–Crippen LogP) is 4.94. The quantitative estimate of drug-likeness (QED) is 0.548. The summed E-state index contributed by atoms with van der Waals surface area (Å²) in [4.78, 5) is 5.12. The minimum atomic E-state index is 0.207. The molecule has 0 saturated carbocycles. The molecule has 2 N–H and O–H groups in total. The van der Waals surface area contributed by atoms with Gasteiger partial charge in [0.25, 0.3) is 0 Å². The minimum absolute atomic E-state index is 0.207. The summed E-state index contributed by atoms with van der Waals surface area (Å²) in [6.07, 6.45) is 1.79. The Balaban J connectivity index is 2.09. The van der Waals surface area contributed by atoms with E-state index in [1.54, 1.807) is 36.0 Å². The smallest absolute Gasteiger partial charge is 0.144 e. The summed E-state index contributed by atoms with van der Waals surface area (Å²) in [6.45, 7) is 1.91. The van der Waals surface area contributed by atoms with Gasteiger partial charge in [0.2, 0.25) is 0 Å². The number of aromatic nitrogens is 1. The Kier molecular flexibility index (Phi) is 3.09. The lowest BCUT2D eigenvalue weighted by atomic mass is 10.0. The van der Waals surface area contributed by atoms with Crippen molar-refractivity contribution in [1.29, 1.82) is 0 Å². The summed E-state index contributed by atoms with van der Waals surface area (Å²) >= 11 is 1.52. The molecule has 0 amide bonds. The first-order valence-electron chi connectivity index (χ1n) is 7.08. The van der Waals surface area contributed by atoms with Crippen LogP contribution >= 0.6 is 11.3 Å². The van der Waals surface area contributed by atoms with Crippen molar-refractivity contribution in [3.8, 4) is 33.3 Å². The first kappa shape index (κ1) is 13.8. The molecule has 4 nitrogen and oxygen atoms in total. The van der Waals surface area contributed by atoms with Crippen LogP contribution in [0.4, 0.5) is 0 Å². The Morgan fingerprint density at radius 1 is 1.04 bits per heavy atom. The van der Waals surface area contributed by atoms with E-state index >= 15 is 0 Å². The van der Waals surface area contributed by atoms with Crippen LogP contribution in [0.25, 0.3) is 32.7 Å². The molecule has 4 rings (SSSR count). The number of furan rings is 1. The summed E-state index contributed by atoms with van der Waals surface area (Å²) in [7, 11) is 0. The molecule has 114 valence electrons. The van der Waals surface area contributed by atoms with Crippen LogP contribution in [0.3, 0.4) is 0 Å². The number of phenolic OH excluding ortho intramolecular Hbond substituents is 2. The van der Waals surface area contributed by atoms with Crippen molar-refractivity contribution in [2.75, 3.05) is 0 Å². The van der Waals surface area contributed by atoms with Crippen molar-refractivity contribution in [2.45, 2.75) is 6.92 Å². The molecule has 0 aliphatic carbocycles. The highest BCUT2D eigenvalue weighted by Crippen LogP contribution is 2.44. The number of benzene rings is 2. The van der Waals surface area contributed by atoms with E-state index in [9.17, 15) is 10.2 Å². The zero-order chi connectivity index (χ0) is 16.0. The molecule has 4 aromatic rings. The molecular formula is C18H13NO3S. The van der Waals surface area contributed by atoms with E-state index in [1.807, 2.05) is 19.1 Å². The molecule has 0 spiro atoms. The molecule has 0 radical (unpaired) electrons. The molecule has 0 atom stereocenters. The number of hydrogen-bond acceptors (Lipinski definition) is 5. The highest BCUT2D eigenvalue weighted by atomic mass is 32.1. The van der Waals surface area contributed by atoms with Crippen LogP contribution in [0.2, 0.25) is 0 Å². The fourth-order valence-corrected chi connectivity index (χ4v) is 3.43. The monoisotopic (exact) mass is 323 g/mol. The molecular weight excluding hydrogens is 310 g/mol. The molecule has 23 heavy (non-hydrogen) atoms. The zero-order valence-electron chi connectivity index (χ0n) is 12.3.